The van der Waals surface area contributed by atoms with Gasteiger partial charge in [-0.3, -0.25) is 0 Å². The second kappa shape index (κ2) is 8.35. The number of aliphatic hydroxyl groups excluding tert-OH is 2. The quantitative estimate of drug-likeness (QED) is 0.410. The molecule has 0 aromatic carbocycles. The number of amides is 1. The third kappa shape index (κ3) is 3.34. The second-order valence-electron chi connectivity index (χ2n) is 16.3. The van der Waals surface area contributed by atoms with Crippen LogP contribution in [0.5, 0.6) is 0 Å². The normalized spacial score (nSPS) is 54.2. The Hall–Kier alpha value is -0.890. The van der Waals surface area contributed by atoms with Crippen molar-refractivity contribution in [3.8, 4) is 0 Å². The number of fused-ring (bicyclic) bond motifs is 4. The highest BCUT2D eigenvalue weighted by molar-refractivity contribution is 5.67. The number of alkyl carbamates (subject to hydrolysis) is 1. The zero-order chi connectivity index (χ0) is 28.6. The van der Waals surface area contributed by atoms with Crippen LogP contribution in [-0.2, 0) is 9.47 Å². The van der Waals surface area contributed by atoms with Gasteiger partial charge in [-0.25, -0.2) is 4.79 Å². The van der Waals surface area contributed by atoms with E-state index in [0.29, 0.717) is 23.7 Å². The molecule has 222 valence electrons. The van der Waals surface area contributed by atoms with Crippen molar-refractivity contribution in [2.75, 3.05) is 7.05 Å². The molecule has 5 aliphatic carbocycles. The van der Waals surface area contributed by atoms with Gasteiger partial charge in [-0.15, -0.1) is 0 Å². The van der Waals surface area contributed by atoms with Crippen LogP contribution in [0.3, 0.4) is 0 Å². The molecule has 5 saturated carbocycles. The Morgan fingerprint density at radius 1 is 1.03 bits per heavy atom. The van der Waals surface area contributed by atoms with E-state index in [0.717, 1.165) is 32.1 Å². The van der Waals surface area contributed by atoms with Gasteiger partial charge in [0.15, 0.2) is 6.10 Å². The molecule has 4 N–H and O–H groups in total. The zero-order valence-corrected chi connectivity index (χ0v) is 25.4. The fourth-order valence-electron chi connectivity index (χ4n) is 12.4. The number of nitrogens with one attached hydrogen (secondary N) is 1. The summed E-state index contributed by atoms with van der Waals surface area (Å²) in [5, 5.41) is 36.8. The molecule has 0 bridgehead atoms. The van der Waals surface area contributed by atoms with Crippen molar-refractivity contribution >= 4 is 6.09 Å². The van der Waals surface area contributed by atoms with Crippen LogP contribution in [0.25, 0.3) is 0 Å². The molecule has 13 atom stereocenters. The number of aliphatic hydroxyl groups is 3. The first-order valence-corrected chi connectivity index (χ1v) is 15.6. The molecule has 6 rings (SSSR count). The molecule has 6 aliphatic rings. The minimum Gasteiger partial charge on any atom is -0.440 e. The SMILES string of the molecule is CNC(=O)O[C@@H]([C@H]1C[C@@H](C)[C@H]2[C@H](O1)[C@H](O)[C@@]1(C)C3CC[C@H]4C(C)(C)C(O)CCC45CC35CCC21C)C(C)(C)O. The van der Waals surface area contributed by atoms with E-state index in [1.54, 1.807) is 13.8 Å². The number of hydrogen-bond acceptors (Lipinski definition) is 6. The molecule has 1 amide bonds. The van der Waals surface area contributed by atoms with Gasteiger partial charge in [-0.2, -0.15) is 0 Å². The molecule has 6 fully saturated rings. The topological polar surface area (TPSA) is 108 Å². The fourth-order valence-corrected chi connectivity index (χ4v) is 12.4. The lowest BCUT2D eigenvalue weighted by molar-refractivity contribution is -0.202. The number of rotatable bonds is 3. The summed E-state index contributed by atoms with van der Waals surface area (Å²) in [6.07, 6.45) is 5.40. The van der Waals surface area contributed by atoms with Gasteiger partial charge >= 0.3 is 6.09 Å². The van der Waals surface area contributed by atoms with Crippen LogP contribution in [-0.4, -0.2) is 64.6 Å². The average molecular weight is 548 g/mol. The summed E-state index contributed by atoms with van der Waals surface area (Å²) in [5.41, 5.74) is -1.10. The van der Waals surface area contributed by atoms with Gasteiger partial charge in [-0.1, -0.05) is 34.6 Å². The fraction of sp³-hybridized carbons (Fsp3) is 0.969. The molecular formula is C32H53NO6. The Labute approximate surface area is 234 Å². The third-order valence-electron chi connectivity index (χ3n) is 14.3. The van der Waals surface area contributed by atoms with Gasteiger partial charge in [0.2, 0.25) is 0 Å². The Morgan fingerprint density at radius 3 is 2.31 bits per heavy atom. The second-order valence-corrected chi connectivity index (χ2v) is 16.3. The van der Waals surface area contributed by atoms with Crippen LogP contribution < -0.4 is 5.32 Å². The Morgan fingerprint density at radius 2 is 1.67 bits per heavy atom. The molecule has 5 unspecified atom stereocenters. The predicted molar refractivity (Wildman–Crippen MR) is 148 cm³/mol. The molecule has 1 heterocycles. The molecule has 7 nitrogen and oxygen atoms in total. The van der Waals surface area contributed by atoms with E-state index < -0.39 is 30.0 Å². The van der Waals surface area contributed by atoms with Gasteiger partial charge < -0.3 is 30.1 Å². The standard InChI is InChI=1S/C32H53NO6/c1-17-15-18(25(28(4,5)37)39-26(36)33-8)38-23-22(17)29(6)13-14-32-16-31(32)12-11-21(34)27(2,3)19(31)9-10-20(32)30(29,7)24(23)35/h17-25,34-35,37H,9-16H2,1-8H3,(H,33,36)/t17-,18-,19+,20?,21?,22+,23+,24+,25+,29?,30-,31?,32?/m1/s1. The average Bonchev–Trinajstić information content (AvgIpc) is 3.49. The highest BCUT2D eigenvalue weighted by Crippen LogP contribution is 2.89. The number of carbonyl (C=O) groups excluding carboxylic acids is 1. The van der Waals surface area contributed by atoms with Gasteiger partial charge in [-0.05, 0) is 111 Å². The van der Waals surface area contributed by atoms with E-state index in [-0.39, 0.29) is 45.7 Å². The van der Waals surface area contributed by atoms with E-state index >= 15 is 0 Å². The molecular weight excluding hydrogens is 494 g/mol. The number of ether oxygens (including phenoxy) is 2. The van der Waals surface area contributed by atoms with Crippen molar-refractivity contribution in [3.05, 3.63) is 0 Å². The van der Waals surface area contributed by atoms with Crippen LogP contribution in [0.15, 0.2) is 0 Å². The van der Waals surface area contributed by atoms with Crippen molar-refractivity contribution in [1.82, 2.24) is 5.32 Å². The van der Waals surface area contributed by atoms with E-state index in [2.05, 4.69) is 39.9 Å². The van der Waals surface area contributed by atoms with Crippen molar-refractivity contribution in [2.45, 2.75) is 136 Å². The lowest BCUT2D eigenvalue weighted by Crippen LogP contribution is -2.59. The van der Waals surface area contributed by atoms with Crippen LogP contribution in [0.1, 0.15) is 99.8 Å². The monoisotopic (exact) mass is 547 g/mol. The lowest BCUT2D eigenvalue weighted by atomic mass is 9.41. The van der Waals surface area contributed by atoms with Crippen molar-refractivity contribution in [2.24, 2.45) is 50.7 Å². The van der Waals surface area contributed by atoms with Gasteiger partial charge in [0.25, 0.3) is 0 Å². The molecule has 1 aliphatic heterocycles. The molecule has 0 aromatic heterocycles. The number of carbonyl (C=O) groups is 1. The predicted octanol–water partition coefficient (Wildman–Crippen LogP) is 4.66. The molecule has 0 radical (unpaired) electrons. The van der Waals surface area contributed by atoms with E-state index in [1.807, 2.05) is 0 Å². The first-order valence-electron chi connectivity index (χ1n) is 15.6. The first kappa shape index (κ1) is 28.2. The third-order valence-corrected chi connectivity index (χ3v) is 14.3. The highest BCUT2D eigenvalue weighted by Gasteiger charge is 2.84. The summed E-state index contributed by atoms with van der Waals surface area (Å²) in [7, 11) is 1.51. The molecule has 39 heavy (non-hydrogen) atoms. The summed E-state index contributed by atoms with van der Waals surface area (Å²) < 4.78 is 12.5. The maximum absolute atomic E-state index is 12.4. The molecule has 1 saturated heterocycles. The summed E-state index contributed by atoms with van der Waals surface area (Å²) in [6, 6.07) is 0. The van der Waals surface area contributed by atoms with Crippen molar-refractivity contribution < 1.29 is 29.6 Å². The minimum atomic E-state index is -1.28. The Balaban J connectivity index is 1.34. The van der Waals surface area contributed by atoms with Crippen LogP contribution >= 0.6 is 0 Å². The van der Waals surface area contributed by atoms with Gasteiger partial charge in [0, 0.05) is 12.5 Å². The van der Waals surface area contributed by atoms with E-state index in [1.165, 1.54) is 19.9 Å². The first-order chi connectivity index (χ1) is 18.0. The van der Waals surface area contributed by atoms with E-state index in [9.17, 15) is 20.1 Å². The summed E-state index contributed by atoms with van der Waals surface area (Å²) in [5.74, 6) is 1.46. The zero-order valence-electron chi connectivity index (χ0n) is 25.4. The highest BCUT2D eigenvalue weighted by atomic mass is 16.6. The van der Waals surface area contributed by atoms with Crippen LogP contribution in [0.2, 0.25) is 0 Å². The Bertz CT molecular complexity index is 1020. The lowest BCUT2D eigenvalue weighted by Gasteiger charge is -2.63. The van der Waals surface area contributed by atoms with Gasteiger partial charge in [0.05, 0.1) is 30.0 Å². The summed E-state index contributed by atoms with van der Waals surface area (Å²) in [6.45, 7) is 15.0. The van der Waals surface area contributed by atoms with Crippen molar-refractivity contribution in [3.63, 3.8) is 0 Å². The van der Waals surface area contributed by atoms with Crippen LogP contribution in [0, 0.1) is 50.7 Å². The van der Waals surface area contributed by atoms with E-state index in [4.69, 9.17) is 9.47 Å². The molecule has 0 aromatic rings. The Kier molecular flexibility index (Phi) is 6.05. The summed E-state index contributed by atoms with van der Waals surface area (Å²) in [4.78, 5) is 12.2. The summed E-state index contributed by atoms with van der Waals surface area (Å²) >= 11 is 0. The smallest absolute Gasteiger partial charge is 0.407 e. The van der Waals surface area contributed by atoms with Gasteiger partial charge in [0.1, 0.15) is 0 Å². The molecule has 2 spiro atoms. The maximum atomic E-state index is 12.4. The minimum absolute atomic E-state index is 0.0520. The maximum Gasteiger partial charge on any atom is 0.407 e. The van der Waals surface area contributed by atoms with Crippen molar-refractivity contribution in [1.29, 1.82) is 0 Å². The number of hydrogen-bond donors (Lipinski definition) is 4. The largest absolute Gasteiger partial charge is 0.440 e. The molecule has 7 heteroatoms. The van der Waals surface area contributed by atoms with Crippen LogP contribution in [0.4, 0.5) is 4.79 Å².